The molecule has 126 valence electrons. The number of aryl methyl sites for hydroxylation is 1. The fourth-order valence-electron chi connectivity index (χ4n) is 3.26. The molecule has 2 aromatic heterocycles. The molecule has 25 heavy (non-hydrogen) atoms. The van der Waals surface area contributed by atoms with Gasteiger partial charge in [0.2, 0.25) is 0 Å². The van der Waals surface area contributed by atoms with E-state index in [0.29, 0.717) is 11.6 Å². The first-order valence-electron chi connectivity index (χ1n) is 8.20. The van der Waals surface area contributed by atoms with Crippen molar-refractivity contribution in [3.05, 3.63) is 47.8 Å². The Hall–Kier alpha value is -2.11. The second kappa shape index (κ2) is 6.65. The zero-order valence-corrected chi connectivity index (χ0v) is 15.9. The summed E-state index contributed by atoms with van der Waals surface area (Å²) < 4.78 is 7.39. The molecule has 1 saturated heterocycles. The molecule has 6 heteroatoms. The molecule has 4 rings (SSSR count). The highest BCUT2D eigenvalue weighted by molar-refractivity contribution is 14.1. The topological polar surface area (TPSA) is 62.9 Å². The van der Waals surface area contributed by atoms with E-state index in [4.69, 9.17) is 9.72 Å². The molecule has 0 radical (unpaired) electrons. The smallest absolute Gasteiger partial charge is 0.101 e. The number of anilines is 1. The highest BCUT2D eigenvalue weighted by Gasteiger charge is 2.17. The zero-order chi connectivity index (χ0) is 17.4. The van der Waals surface area contributed by atoms with E-state index in [9.17, 15) is 5.26 Å². The van der Waals surface area contributed by atoms with Crippen LogP contribution >= 0.6 is 22.9 Å². The predicted octanol–water partition coefficient (Wildman–Crippen LogP) is 4.28. The second-order valence-corrected chi connectivity index (χ2v) is 7.24. The number of ether oxygens (including phenoxy) is 1. The Morgan fingerprint density at radius 3 is 2.96 bits per heavy atom. The Bertz CT molecular complexity index is 983. The fourth-order valence-corrected chi connectivity index (χ4v) is 4.06. The summed E-state index contributed by atoms with van der Waals surface area (Å²) in [5, 5.41) is 13.9. The molecule has 3 aromatic rings. The SMILES string of the molecule is Cc1nc(-c2cn(I)c3c(C#N)cccc23)ccc1NC1CCOC1. The van der Waals surface area contributed by atoms with Gasteiger partial charge in [-0.15, -0.1) is 0 Å². The number of benzene rings is 1. The van der Waals surface area contributed by atoms with Crippen molar-refractivity contribution in [2.75, 3.05) is 18.5 Å². The minimum Gasteiger partial charge on any atom is -0.379 e. The van der Waals surface area contributed by atoms with Crippen LogP contribution in [0.15, 0.2) is 36.5 Å². The Morgan fingerprint density at radius 1 is 1.36 bits per heavy atom. The van der Waals surface area contributed by atoms with Crippen molar-refractivity contribution in [3.8, 4) is 17.3 Å². The van der Waals surface area contributed by atoms with Gasteiger partial charge in [-0.1, -0.05) is 12.1 Å². The van der Waals surface area contributed by atoms with E-state index in [0.717, 1.165) is 53.2 Å². The summed E-state index contributed by atoms with van der Waals surface area (Å²) in [6, 6.07) is 12.6. The Labute approximate surface area is 160 Å². The zero-order valence-electron chi connectivity index (χ0n) is 13.8. The standard InChI is InChI=1S/C19H17IN4O/c1-12-17(23-14-7-8-25-11-14)5-6-18(22-12)16-10-24(20)19-13(9-21)3-2-4-15(16)19/h2-6,10,14,23H,7-8,11H2,1H3. The van der Waals surface area contributed by atoms with E-state index in [-0.39, 0.29) is 0 Å². The van der Waals surface area contributed by atoms with Gasteiger partial charge < -0.3 is 10.1 Å². The number of nitriles is 1. The largest absolute Gasteiger partial charge is 0.379 e. The maximum Gasteiger partial charge on any atom is 0.101 e. The first-order valence-corrected chi connectivity index (χ1v) is 9.16. The number of pyridine rings is 1. The van der Waals surface area contributed by atoms with Gasteiger partial charge >= 0.3 is 0 Å². The van der Waals surface area contributed by atoms with Gasteiger partial charge in [-0.2, -0.15) is 5.26 Å². The summed E-state index contributed by atoms with van der Waals surface area (Å²) in [5.41, 5.74) is 5.59. The molecule has 1 N–H and O–H groups in total. The predicted molar refractivity (Wildman–Crippen MR) is 107 cm³/mol. The van der Waals surface area contributed by atoms with E-state index < -0.39 is 0 Å². The van der Waals surface area contributed by atoms with Crippen molar-refractivity contribution in [2.24, 2.45) is 0 Å². The number of fused-ring (bicyclic) bond motifs is 1. The fraction of sp³-hybridized carbons (Fsp3) is 0.263. The average molecular weight is 444 g/mol. The Morgan fingerprint density at radius 2 is 2.24 bits per heavy atom. The van der Waals surface area contributed by atoms with Gasteiger partial charge in [0.1, 0.15) is 6.07 Å². The third-order valence-electron chi connectivity index (χ3n) is 4.55. The van der Waals surface area contributed by atoms with Gasteiger partial charge in [-0.3, -0.25) is 7.76 Å². The maximum absolute atomic E-state index is 9.36. The summed E-state index contributed by atoms with van der Waals surface area (Å²) in [4.78, 5) is 4.80. The molecule has 0 saturated carbocycles. The number of halogens is 1. The lowest BCUT2D eigenvalue weighted by Gasteiger charge is -2.14. The monoisotopic (exact) mass is 444 g/mol. The minimum atomic E-state index is 0.362. The number of nitrogens with zero attached hydrogens (tertiary/aromatic N) is 3. The van der Waals surface area contributed by atoms with Crippen LogP contribution in [0.3, 0.4) is 0 Å². The number of para-hydroxylation sites is 1. The van der Waals surface area contributed by atoms with Crippen LogP contribution in [0, 0.1) is 18.3 Å². The number of nitrogens with one attached hydrogen (secondary N) is 1. The molecule has 5 nitrogen and oxygen atoms in total. The van der Waals surface area contributed by atoms with Crippen LogP contribution in [-0.4, -0.2) is 27.0 Å². The van der Waals surface area contributed by atoms with Crippen molar-refractivity contribution >= 4 is 39.5 Å². The van der Waals surface area contributed by atoms with Gasteiger partial charge in [0, 0.05) is 23.8 Å². The van der Waals surface area contributed by atoms with Crippen LogP contribution < -0.4 is 5.32 Å². The normalized spacial score (nSPS) is 16.9. The first-order chi connectivity index (χ1) is 12.2. The number of hydrogen-bond acceptors (Lipinski definition) is 4. The summed E-state index contributed by atoms with van der Waals surface area (Å²) >= 11 is 2.21. The van der Waals surface area contributed by atoms with E-state index in [2.05, 4.69) is 40.3 Å². The van der Waals surface area contributed by atoms with Gasteiger partial charge in [0.05, 0.1) is 63.7 Å². The quantitative estimate of drug-likeness (QED) is 0.613. The van der Waals surface area contributed by atoms with E-state index in [1.54, 1.807) is 0 Å². The highest BCUT2D eigenvalue weighted by Crippen LogP contribution is 2.33. The molecule has 0 spiro atoms. The third-order valence-corrected chi connectivity index (χ3v) is 5.31. The Kier molecular flexibility index (Phi) is 4.36. The van der Waals surface area contributed by atoms with Crippen LogP contribution in [-0.2, 0) is 4.74 Å². The lowest BCUT2D eigenvalue weighted by molar-refractivity contribution is 0.195. The third kappa shape index (κ3) is 2.98. The number of hydrogen-bond donors (Lipinski definition) is 1. The van der Waals surface area contributed by atoms with E-state index >= 15 is 0 Å². The minimum absolute atomic E-state index is 0.362. The lowest BCUT2D eigenvalue weighted by atomic mass is 10.1. The van der Waals surface area contributed by atoms with E-state index in [1.165, 1.54) is 0 Å². The summed E-state index contributed by atoms with van der Waals surface area (Å²) in [6.07, 6.45) is 3.06. The van der Waals surface area contributed by atoms with Gasteiger partial charge in [-0.25, -0.2) is 0 Å². The summed E-state index contributed by atoms with van der Waals surface area (Å²) in [5.74, 6) is 0. The van der Waals surface area contributed by atoms with Crippen LogP contribution in [0.4, 0.5) is 5.69 Å². The molecule has 1 aromatic carbocycles. The first kappa shape index (κ1) is 16.4. The average Bonchev–Trinajstić information content (AvgIpc) is 3.25. The summed E-state index contributed by atoms with van der Waals surface area (Å²) in [7, 11) is 0. The molecule has 0 aliphatic carbocycles. The molecule has 3 heterocycles. The molecule has 1 unspecified atom stereocenters. The van der Waals surface area contributed by atoms with Crippen LogP contribution in [0.25, 0.3) is 22.2 Å². The van der Waals surface area contributed by atoms with Crippen molar-refractivity contribution in [1.29, 1.82) is 5.26 Å². The molecular weight excluding hydrogens is 427 g/mol. The maximum atomic E-state index is 9.36. The van der Waals surface area contributed by atoms with Crippen LogP contribution in [0.5, 0.6) is 0 Å². The molecule has 1 aliphatic heterocycles. The molecule has 1 fully saturated rings. The van der Waals surface area contributed by atoms with Crippen molar-refractivity contribution < 1.29 is 4.74 Å². The lowest BCUT2D eigenvalue weighted by Crippen LogP contribution is -2.19. The van der Waals surface area contributed by atoms with Gasteiger partial charge in [0.15, 0.2) is 0 Å². The number of rotatable bonds is 3. The summed E-state index contributed by atoms with van der Waals surface area (Å²) in [6.45, 7) is 3.59. The highest BCUT2D eigenvalue weighted by atomic mass is 127. The molecule has 0 amide bonds. The number of aromatic nitrogens is 2. The molecule has 0 bridgehead atoms. The molecule has 1 atom stereocenters. The molecular formula is C19H17IN4O. The van der Waals surface area contributed by atoms with Crippen LogP contribution in [0.2, 0.25) is 0 Å². The van der Waals surface area contributed by atoms with Gasteiger partial charge in [-0.05, 0) is 31.5 Å². The van der Waals surface area contributed by atoms with Crippen molar-refractivity contribution in [3.63, 3.8) is 0 Å². The van der Waals surface area contributed by atoms with Crippen LogP contribution in [0.1, 0.15) is 17.7 Å². The van der Waals surface area contributed by atoms with Crippen molar-refractivity contribution in [2.45, 2.75) is 19.4 Å². The van der Waals surface area contributed by atoms with Crippen molar-refractivity contribution in [1.82, 2.24) is 7.76 Å². The van der Waals surface area contributed by atoms with E-state index in [1.807, 2.05) is 40.2 Å². The second-order valence-electron chi connectivity index (χ2n) is 6.20. The Balaban J connectivity index is 1.74. The van der Waals surface area contributed by atoms with Gasteiger partial charge in [0.25, 0.3) is 0 Å². The molecule has 1 aliphatic rings.